The number of aromatic amines is 1. The monoisotopic (exact) mass is 775 g/mol. The number of aliphatic hydroxyl groups excluding tert-OH is 5. The molecule has 51 heavy (non-hydrogen) atoms. The number of aliphatic hydroxyl groups is 5. The van der Waals surface area contributed by atoms with Gasteiger partial charge in [0.15, 0.2) is 18.6 Å². The fourth-order valence-electron chi connectivity index (χ4n) is 5.35. The normalized spacial score (nSPS) is 31.0. The molecule has 0 aromatic carbocycles. The number of phosphoric ester groups is 2. The summed E-state index contributed by atoms with van der Waals surface area (Å²) < 4.78 is 55.1. The van der Waals surface area contributed by atoms with E-state index in [4.69, 9.17) is 18.7 Å². The molecule has 0 saturated carbocycles. The molecular weight excluding hydrogens is 732 g/mol. The lowest BCUT2D eigenvalue weighted by Gasteiger charge is -2.45. The number of amides is 1. The zero-order chi connectivity index (χ0) is 38.1. The Morgan fingerprint density at radius 2 is 1.73 bits per heavy atom. The number of carbonyl (C=O) groups excluding carboxylic acids is 2. The number of carbonyl (C=O) groups is 2. The SMILES string of the molecule is CCCCCCC[C@@H](O)CC(=O)O[C@H]1[C@H](O)[C@@H](CO)O[C@H](OP(=O)([O-])OP(=O)([O-])OC[C@H]2O[C@@H](n3ccc(=O)[nH]c3=O)[C@H](O)[C@@H]2O)[C@@H]1NC(C)=O. The Hall–Kier alpha value is -2.40. The highest BCUT2D eigenvalue weighted by atomic mass is 31.3. The van der Waals surface area contributed by atoms with Crippen molar-refractivity contribution in [3.05, 3.63) is 33.1 Å². The van der Waals surface area contributed by atoms with Gasteiger partial charge in [-0.2, -0.15) is 0 Å². The first-order valence-electron chi connectivity index (χ1n) is 16.0. The quantitative estimate of drug-likeness (QED) is 0.0412. The number of nitrogens with zero attached hydrogens (tertiary/aromatic N) is 1. The van der Waals surface area contributed by atoms with Gasteiger partial charge in [0.05, 0.1) is 25.7 Å². The predicted molar refractivity (Wildman–Crippen MR) is 164 cm³/mol. The van der Waals surface area contributed by atoms with Crippen molar-refractivity contribution in [2.45, 2.75) is 120 Å². The second-order valence-corrected chi connectivity index (χ2v) is 14.8. The lowest BCUT2D eigenvalue weighted by atomic mass is 9.96. The topological polar surface area (TPSA) is 338 Å². The molecule has 0 spiro atoms. The Bertz CT molecular complexity index is 1520. The smallest absolute Gasteiger partial charge is 0.330 e. The number of hydrogen-bond acceptors (Lipinski definition) is 19. The van der Waals surface area contributed by atoms with Gasteiger partial charge in [0.25, 0.3) is 21.2 Å². The van der Waals surface area contributed by atoms with Crippen LogP contribution in [0.25, 0.3) is 0 Å². The Kier molecular flexibility index (Phi) is 16.1. The molecule has 2 aliphatic heterocycles. The molecular formula is C27H43N3O19P2-2. The minimum absolute atomic E-state index is 0.255. The number of aromatic nitrogens is 2. The average molecular weight is 776 g/mol. The first-order chi connectivity index (χ1) is 23.9. The van der Waals surface area contributed by atoms with E-state index < -0.39 is 120 Å². The van der Waals surface area contributed by atoms with Gasteiger partial charge < -0.3 is 59.4 Å². The molecule has 24 heteroatoms. The molecule has 292 valence electrons. The van der Waals surface area contributed by atoms with Gasteiger partial charge in [-0.05, 0) is 6.42 Å². The third-order valence-electron chi connectivity index (χ3n) is 7.83. The Morgan fingerprint density at radius 1 is 1.04 bits per heavy atom. The molecule has 3 rings (SSSR count). The van der Waals surface area contributed by atoms with E-state index in [2.05, 4.69) is 14.2 Å². The third kappa shape index (κ3) is 12.6. The number of unbranched alkanes of at least 4 members (excludes halogenated alkanes) is 4. The number of esters is 1. The maximum absolute atomic E-state index is 12.8. The van der Waals surface area contributed by atoms with Crippen molar-refractivity contribution in [2.75, 3.05) is 13.2 Å². The van der Waals surface area contributed by atoms with Crippen LogP contribution in [0.1, 0.15) is 65.0 Å². The van der Waals surface area contributed by atoms with Crippen LogP contribution in [-0.2, 0) is 46.3 Å². The van der Waals surface area contributed by atoms with E-state index in [-0.39, 0.29) is 6.42 Å². The van der Waals surface area contributed by atoms with Crippen molar-refractivity contribution < 1.29 is 81.6 Å². The molecule has 1 amide bonds. The summed E-state index contributed by atoms with van der Waals surface area (Å²) in [7, 11) is -12.0. The summed E-state index contributed by atoms with van der Waals surface area (Å²) in [4.78, 5) is 75.2. The Morgan fingerprint density at radius 3 is 2.35 bits per heavy atom. The fraction of sp³-hybridized carbons (Fsp3) is 0.778. The van der Waals surface area contributed by atoms with Gasteiger partial charge >= 0.3 is 11.7 Å². The molecule has 2 fully saturated rings. The number of rotatable bonds is 19. The van der Waals surface area contributed by atoms with E-state index in [0.29, 0.717) is 11.0 Å². The standard InChI is InChI=1S/C27H45N3O19P2/c1-3-4-5-6-7-8-15(33)11-19(35)47-24-20(28-14(2)32)26(46-16(12-31)22(24)37)48-51(42,43)49-50(40,41)44-13-17-21(36)23(38)25(45-17)30-10-9-18(34)29-27(30)39/h9-10,15-17,20-26,31,33,36-38H,3-8,11-13H2,1-2H3,(H,28,32)(H,40,41)(H,42,43)(H,29,34,39)/p-2/t15-,16-,17-,20-,21-,22-,23-,24-,25-,26-/m1/s1. The highest BCUT2D eigenvalue weighted by Crippen LogP contribution is 2.57. The van der Waals surface area contributed by atoms with Crippen LogP contribution in [0, 0.1) is 0 Å². The van der Waals surface area contributed by atoms with Crippen LogP contribution in [-0.4, -0.2) is 115 Å². The number of H-pyrrole nitrogens is 1. The van der Waals surface area contributed by atoms with Crippen LogP contribution in [0.5, 0.6) is 0 Å². The van der Waals surface area contributed by atoms with Crippen molar-refractivity contribution in [3.63, 3.8) is 0 Å². The molecule has 2 unspecified atom stereocenters. The van der Waals surface area contributed by atoms with Crippen LogP contribution in [0.4, 0.5) is 0 Å². The fourth-order valence-corrected chi connectivity index (χ4v) is 7.43. The van der Waals surface area contributed by atoms with Crippen molar-refractivity contribution in [3.8, 4) is 0 Å². The van der Waals surface area contributed by atoms with E-state index in [0.717, 1.165) is 44.9 Å². The molecule has 0 bridgehead atoms. The van der Waals surface area contributed by atoms with Crippen molar-refractivity contribution in [1.82, 2.24) is 14.9 Å². The van der Waals surface area contributed by atoms with Crippen LogP contribution in [0.3, 0.4) is 0 Å². The minimum atomic E-state index is -6.09. The number of phosphoric acid groups is 2. The molecule has 1 aromatic rings. The molecule has 12 atom stereocenters. The number of nitrogens with one attached hydrogen (secondary N) is 2. The summed E-state index contributed by atoms with van der Waals surface area (Å²) in [5, 5.41) is 53.5. The zero-order valence-corrected chi connectivity index (χ0v) is 29.4. The van der Waals surface area contributed by atoms with E-state index in [1.807, 2.05) is 11.9 Å². The van der Waals surface area contributed by atoms with Crippen molar-refractivity contribution in [1.29, 1.82) is 0 Å². The first kappa shape index (κ1) is 43.0. The molecule has 22 nitrogen and oxygen atoms in total. The second-order valence-electron chi connectivity index (χ2n) is 11.9. The first-order valence-corrected chi connectivity index (χ1v) is 18.9. The maximum atomic E-state index is 12.8. The lowest BCUT2D eigenvalue weighted by molar-refractivity contribution is -0.286. The molecule has 2 saturated heterocycles. The summed E-state index contributed by atoms with van der Waals surface area (Å²) in [6, 6.07) is -0.937. The zero-order valence-electron chi connectivity index (χ0n) is 27.6. The summed E-state index contributed by atoms with van der Waals surface area (Å²) in [6.07, 6.45) is -10.8. The summed E-state index contributed by atoms with van der Waals surface area (Å²) in [5.41, 5.74) is -1.82. The summed E-state index contributed by atoms with van der Waals surface area (Å²) in [5.74, 6) is -1.94. The van der Waals surface area contributed by atoms with E-state index >= 15 is 0 Å². The Labute approximate surface area is 290 Å². The minimum Gasteiger partial charge on any atom is -0.756 e. The molecule has 0 radical (unpaired) electrons. The van der Waals surface area contributed by atoms with E-state index in [9.17, 15) is 63.6 Å². The molecule has 3 heterocycles. The molecule has 2 aliphatic rings. The van der Waals surface area contributed by atoms with Gasteiger partial charge in [-0.1, -0.05) is 39.0 Å². The highest BCUT2D eigenvalue weighted by molar-refractivity contribution is 7.59. The van der Waals surface area contributed by atoms with Crippen LogP contribution in [0.2, 0.25) is 0 Å². The summed E-state index contributed by atoms with van der Waals surface area (Å²) >= 11 is 0. The summed E-state index contributed by atoms with van der Waals surface area (Å²) in [6.45, 7) is 0.833. The largest absolute Gasteiger partial charge is 0.756 e. The van der Waals surface area contributed by atoms with Gasteiger partial charge in [-0.25, -0.2) is 9.11 Å². The predicted octanol–water partition coefficient (Wildman–Crippen LogP) is -3.25. The van der Waals surface area contributed by atoms with Crippen LogP contribution < -0.4 is 26.4 Å². The molecule has 0 aliphatic carbocycles. The molecule has 7 N–H and O–H groups in total. The van der Waals surface area contributed by atoms with Gasteiger partial charge in [0.2, 0.25) is 5.91 Å². The highest BCUT2D eigenvalue weighted by Gasteiger charge is 2.50. The number of hydrogen-bond donors (Lipinski definition) is 7. The lowest BCUT2D eigenvalue weighted by Crippen LogP contribution is -2.65. The van der Waals surface area contributed by atoms with Gasteiger partial charge in [0.1, 0.15) is 36.6 Å². The van der Waals surface area contributed by atoms with E-state index in [1.165, 1.54) is 0 Å². The molecule has 1 aromatic heterocycles. The third-order valence-corrected chi connectivity index (χ3v) is 10.4. The number of ether oxygens (including phenoxy) is 3. The van der Waals surface area contributed by atoms with E-state index in [1.54, 1.807) is 0 Å². The van der Waals surface area contributed by atoms with Crippen molar-refractivity contribution >= 4 is 27.5 Å². The second kappa shape index (κ2) is 19.1. The Balaban J connectivity index is 1.67. The average Bonchev–Trinajstić information content (AvgIpc) is 3.30. The van der Waals surface area contributed by atoms with Gasteiger partial charge in [-0.15, -0.1) is 0 Å². The van der Waals surface area contributed by atoms with Gasteiger partial charge in [-0.3, -0.25) is 37.6 Å². The van der Waals surface area contributed by atoms with Crippen LogP contribution in [0.15, 0.2) is 21.9 Å². The maximum Gasteiger partial charge on any atom is 0.330 e. The van der Waals surface area contributed by atoms with Gasteiger partial charge in [0, 0.05) is 19.2 Å². The van der Waals surface area contributed by atoms with Crippen LogP contribution >= 0.6 is 15.6 Å². The van der Waals surface area contributed by atoms with Crippen molar-refractivity contribution in [2.24, 2.45) is 0 Å².